The third kappa shape index (κ3) is 8.24. The molecule has 0 saturated carbocycles. The lowest BCUT2D eigenvalue weighted by molar-refractivity contribution is 0.490. The molecule has 0 aliphatic carbocycles. The number of hydrogen-bond acceptors (Lipinski definition) is 7. The molecule has 13 aromatic carbocycles. The average molecular weight is 1170 g/mol. The minimum atomic E-state index is -0.291. The minimum absolute atomic E-state index is 0.233. The van der Waals surface area contributed by atoms with Crippen LogP contribution in [0.4, 0.5) is 102 Å². The summed E-state index contributed by atoms with van der Waals surface area (Å²) in [5.41, 5.74) is 27.4. The highest BCUT2D eigenvalue weighted by Crippen LogP contribution is 2.54. The van der Waals surface area contributed by atoms with Gasteiger partial charge in [-0.15, -0.1) is 0 Å². The number of rotatable bonds is 10. The van der Waals surface area contributed by atoms with Gasteiger partial charge in [0.15, 0.2) is 0 Å². The summed E-state index contributed by atoms with van der Waals surface area (Å²) in [5.74, 6) is 1.60. The Morgan fingerprint density at radius 3 is 0.967 bits per heavy atom. The maximum absolute atomic E-state index is 8.24. The summed E-state index contributed by atoms with van der Waals surface area (Å²) in [6.07, 6.45) is 0. The predicted octanol–water partition coefficient (Wildman–Crippen LogP) is 18.2. The topological polar surface area (TPSA) is 28.7 Å². The zero-order chi connectivity index (χ0) is 60.5. The summed E-state index contributed by atoms with van der Waals surface area (Å²) < 4.78 is 8.24. The Bertz CT molecular complexity index is 4900. The van der Waals surface area contributed by atoms with Crippen LogP contribution >= 0.6 is 0 Å². The highest BCUT2D eigenvalue weighted by molar-refractivity contribution is 7.04. The van der Waals surface area contributed by atoms with Crippen LogP contribution in [0.15, 0.2) is 309 Å². The van der Waals surface area contributed by atoms with Gasteiger partial charge < -0.3 is 34.1 Å². The molecule has 0 fully saturated rings. The van der Waals surface area contributed by atoms with Crippen molar-refractivity contribution in [3.05, 3.63) is 315 Å². The van der Waals surface area contributed by atoms with E-state index in [2.05, 4.69) is 360 Å². The summed E-state index contributed by atoms with van der Waals surface area (Å²) in [7, 11) is 0. The Morgan fingerprint density at radius 2 is 0.582 bits per heavy atom. The molecule has 2 bridgehead atoms. The van der Waals surface area contributed by atoms with E-state index >= 15 is 0 Å². The lowest BCUT2D eigenvalue weighted by Gasteiger charge is -2.49. The molecule has 0 amide bonds. The number of anilines is 18. The maximum atomic E-state index is 8.24. The van der Waals surface area contributed by atoms with E-state index in [0.29, 0.717) is 0 Å². The first-order valence-corrected chi connectivity index (χ1v) is 31.6. The SMILES string of the molecule is CC(C)(C)c1cc2c3c(c1)N(c1ccccc1)c1cc(N(c4ccccc4)c4ccccc4)cc4c1B3c1cc3c(cc1N2c1ccccc1)N(c1ccccc1)c1cc(N(c2ccccc2)c2ccccc2)cc2c1B3c1c(cccc1N2c1ccccc1)O4. The molecule has 13 aromatic rings. The lowest BCUT2D eigenvalue weighted by Crippen LogP contribution is -2.66. The second kappa shape index (κ2) is 20.6. The third-order valence-corrected chi connectivity index (χ3v) is 19.0. The molecule has 5 heterocycles. The number of benzene rings is 13. The molecule has 0 radical (unpaired) electrons. The van der Waals surface area contributed by atoms with Crippen molar-refractivity contribution in [2.45, 2.75) is 26.2 Å². The largest absolute Gasteiger partial charge is 0.458 e. The van der Waals surface area contributed by atoms with Crippen LogP contribution in [0.25, 0.3) is 0 Å². The molecule has 91 heavy (non-hydrogen) atoms. The Kier molecular flexibility index (Phi) is 11.9. The van der Waals surface area contributed by atoms with Crippen molar-refractivity contribution in [2.24, 2.45) is 0 Å². The van der Waals surface area contributed by atoms with Crippen LogP contribution in [0.2, 0.25) is 0 Å². The van der Waals surface area contributed by atoms with Gasteiger partial charge in [0.2, 0.25) is 0 Å². The van der Waals surface area contributed by atoms with E-state index in [-0.39, 0.29) is 18.8 Å². The van der Waals surface area contributed by atoms with E-state index in [0.717, 1.165) is 125 Å². The molecule has 7 nitrogen and oxygen atoms in total. The molecule has 0 N–H and O–H groups in total. The van der Waals surface area contributed by atoms with Crippen LogP contribution in [-0.2, 0) is 5.41 Å². The van der Waals surface area contributed by atoms with Crippen LogP contribution in [0.1, 0.15) is 26.3 Å². The summed E-state index contributed by atoms with van der Waals surface area (Å²) in [4.78, 5) is 15.0. The summed E-state index contributed by atoms with van der Waals surface area (Å²) in [6, 6.07) is 114. The second-order valence-corrected chi connectivity index (χ2v) is 25.3. The van der Waals surface area contributed by atoms with Crippen molar-refractivity contribution in [2.75, 3.05) is 29.4 Å². The van der Waals surface area contributed by atoms with Gasteiger partial charge in [-0.3, -0.25) is 0 Å². The third-order valence-electron chi connectivity index (χ3n) is 19.0. The van der Waals surface area contributed by atoms with Crippen LogP contribution in [0, 0.1) is 0 Å². The molecule has 9 heteroatoms. The predicted molar refractivity (Wildman–Crippen MR) is 383 cm³/mol. The molecule has 5 aliphatic heterocycles. The summed E-state index contributed by atoms with van der Waals surface area (Å²) >= 11 is 0. The van der Waals surface area contributed by atoms with Crippen LogP contribution < -0.4 is 66.9 Å². The van der Waals surface area contributed by atoms with Gasteiger partial charge in [-0.05, 0) is 189 Å². The van der Waals surface area contributed by atoms with Crippen LogP contribution in [-0.4, -0.2) is 13.4 Å². The Balaban J connectivity index is 1.02. The smallest absolute Gasteiger partial charge is 0.256 e. The minimum Gasteiger partial charge on any atom is -0.458 e. The molecule has 5 aliphatic rings. The first kappa shape index (κ1) is 52.7. The van der Waals surface area contributed by atoms with E-state index in [1.165, 1.54) is 27.4 Å². The zero-order valence-electron chi connectivity index (χ0n) is 50.7. The first-order chi connectivity index (χ1) is 44.8. The number of ether oxygens (including phenoxy) is 1. The van der Waals surface area contributed by atoms with Crippen molar-refractivity contribution in [1.82, 2.24) is 0 Å². The molecule has 0 spiro atoms. The summed E-state index contributed by atoms with van der Waals surface area (Å²) in [6.45, 7) is 6.46. The lowest BCUT2D eigenvalue weighted by atomic mass is 9.29. The highest BCUT2D eigenvalue weighted by atomic mass is 16.5. The van der Waals surface area contributed by atoms with Gasteiger partial charge in [-0.25, -0.2) is 0 Å². The van der Waals surface area contributed by atoms with Crippen LogP contribution in [0.3, 0.4) is 0 Å². The van der Waals surface area contributed by atoms with Gasteiger partial charge in [0.1, 0.15) is 11.5 Å². The monoisotopic (exact) mass is 1170 g/mol. The van der Waals surface area contributed by atoms with Gasteiger partial charge >= 0.3 is 0 Å². The molecular formula is C82H60B2N6O. The molecule has 0 unspecified atom stereocenters. The second-order valence-electron chi connectivity index (χ2n) is 25.3. The van der Waals surface area contributed by atoms with Crippen molar-refractivity contribution in [3.8, 4) is 11.5 Å². The molecular weight excluding hydrogens is 1110 g/mol. The summed E-state index contributed by atoms with van der Waals surface area (Å²) in [5, 5.41) is 0. The van der Waals surface area contributed by atoms with Gasteiger partial charge in [-0.2, -0.15) is 0 Å². The molecule has 0 aromatic heterocycles. The first-order valence-electron chi connectivity index (χ1n) is 31.6. The normalized spacial score (nSPS) is 13.4. The van der Waals surface area contributed by atoms with Crippen LogP contribution in [0.5, 0.6) is 11.5 Å². The van der Waals surface area contributed by atoms with Crippen molar-refractivity contribution in [1.29, 1.82) is 0 Å². The average Bonchev–Trinajstić information content (AvgIpc) is 0.683. The van der Waals surface area contributed by atoms with E-state index in [1.54, 1.807) is 0 Å². The zero-order valence-corrected chi connectivity index (χ0v) is 50.7. The van der Waals surface area contributed by atoms with E-state index in [9.17, 15) is 0 Å². The molecule has 18 rings (SSSR count). The van der Waals surface area contributed by atoms with Crippen molar-refractivity contribution in [3.63, 3.8) is 0 Å². The van der Waals surface area contributed by atoms with E-state index in [4.69, 9.17) is 4.74 Å². The van der Waals surface area contributed by atoms with Crippen molar-refractivity contribution < 1.29 is 4.74 Å². The maximum Gasteiger partial charge on any atom is 0.256 e. The number of para-hydroxylation sites is 8. The Morgan fingerprint density at radius 1 is 0.264 bits per heavy atom. The highest BCUT2D eigenvalue weighted by Gasteiger charge is 2.51. The standard InChI is InChI=1S/C82H60B2N6O/c1-82(2,3)55-47-71-78-72(48-55)90(63-43-26-11-27-44-63)75-51-65(86(58-33-16-6-17-34-58)59-35-18-7-19-36-59)52-77-81(75)84(78)67-53-66-70(54-69(67)88(71)61-39-22-9-23-40-61)89(62-41-24-10-25-42-62)74-50-64(85(56-29-12-4-13-30-56)57-31-14-5-15-32-57)49-73-79(74)83(66)80-68(45-28-46-76(80)91-77)87(73)60-37-20-8-21-38-60/h4-54H,1-3H3. The van der Waals surface area contributed by atoms with Gasteiger partial charge in [0, 0.05) is 97.1 Å². The van der Waals surface area contributed by atoms with E-state index < -0.39 is 0 Å². The fraction of sp³-hybridized carbons (Fsp3) is 0.0488. The van der Waals surface area contributed by atoms with Gasteiger partial charge in [-0.1, -0.05) is 178 Å². The fourth-order valence-corrected chi connectivity index (χ4v) is 15.2. The molecule has 0 atom stereocenters. The number of hydrogen-bond donors (Lipinski definition) is 0. The van der Waals surface area contributed by atoms with Gasteiger partial charge in [0.25, 0.3) is 13.4 Å². The molecule has 0 saturated heterocycles. The fourth-order valence-electron chi connectivity index (χ4n) is 15.2. The van der Waals surface area contributed by atoms with Crippen molar-refractivity contribution >= 4 is 149 Å². The molecule has 430 valence electrons. The van der Waals surface area contributed by atoms with Gasteiger partial charge in [0.05, 0.1) is 11.4 Å². The Hall–Kier alpha value is -11.4. The number of nitrogens with zero attached hydrogens (tertiary/aromatic N) is 6. The quantitative estimate of drug-likeness (QED) is 0.126. The Labute approximate surface area is 532 Å². The van der Waals surface area contributed by atoms with E-state index in [1.807, 2.05) is 0 Å².